The van der Waals surface area contributed by atoms with E-state index >= 15 is 0 Å². The fourth-order valence-electron chi connectivity index (χ4n) is 12.0. The Bertz CT molecular complexity index is 1390. The molecule has 4 fully saturated rings. The Morgan fingerprint density at radius 3 is 2.33 bits per heavy atom. The molecule has 0 spiro atoms. The molecule has 1 aromatic rings. The molecule has 0 bridgehead atoms. The largest absolute Gasteiger partial charge is 0.508 e. The summed E-state index contributed by atoms with van der Waals surface area (Å²) >= 11 is 0. The molecule has 0 saturated heterocycles. The highest BCUT2D eigenvalue weighted by Crippen LogP contribution is 2.76. The summed E-state index contributed by atoms with van der Waals surface area (Å²) in [6, 6.07) is 6.70. The number of hydrogen-bond acceptors (Lipinski definition) is 5. The minimum absolute atomic E-state index is 0.0281. The number of carboxylic acids is 1. The fourth-order valence-corrected chi connectivity index (χ4v) is 12.0. The molecule has 1 aromatic carbocycles. The Morgan fingerprint density at radius 1 is 0.933 bits per heavy atom. The summed E-state index contributed by atoms with van der Waals surface area (Å²) in [6.07, 6.45) is 12.9. The molecule has 0 amide bonds. The standard InChI is InChI=1S/C39H54O6/c1-24-15-20-38(34(43)44)21-22-39(23-45-32(42)14-9-26-7-10-27(40)11-8-26)28(33(38)25(24)2)12-13-30-36(5)18-17-31(41)35(3,4)29(36)16-19-37(30,39)6/h7-12,14,24-25,29-31,33,40-41H,13,15-23H2,1-6H3,(H,43,44)/t24-,25+,29-,30-,31+,33+,36+,37-,38+,39+/m1/s1. The SMILES string of the molecule is C[C@H]1[C@H](C)CC[C@]2(C(=O)O)CC[C@]3(COC(=O)C=Cc4ccc(O)cc4)C(=CC[C@@H]4[C@@]5(C)CC[C@H](O)C(C)(C)[C@H]5CC[C@]43C)[C@H]12. The van der Waals surface area contributed by atoms with E-state index in [4.69, 9.17) is 4.74 Å². The van der Waals surface area contributed by atoms with Crippen molar-refractivity contribution in [2.45, 2.75) is 105 Å². The van der Waals surface area contributed by atoms with Gasteiger partial charge in [0.1, 0.15) is 12.4 Å². The predicted octanol–water partition coefficient (Wildman–Crippen LogP) is 8.03. The van der Waals surface area contributed by atoms with Crippen molar-refractivity contribution in [2.75, 3.05) is 6.61 Å². The maximum atomic E-state index is 13.3. The van der Waals surface area contributed by atoms with Gasteiger partial charge in [-0.05, 0) is 127 Å². The average Bonchev–Trinajstić information content (AvgIpc) is 2.99. The van der Waals surface area contributed by atoms with Crippen LogP contribution in [-0.4, -0.2) is 40.0 Å². The van der Waals surface area contributed by atoms with Gasteiger partial charge in [-0.15, -0.1) is 0 Å². The van der Waals surface area contributed by atoms with E-state index in [0.717, 1.165) is 44.1 Å². The molecule has 10 atom stereocenters. The lowest BCUT2D eigenvalue weighted by atomic mass is 9.33. The molecule has 5 aliphatic carbocycles. The van der Waals surface area contributed by atoms with Crippen LogP contribution < -0.4 is 0 Å². The molecule has 0 aliphatic heterocycles. The van der Waals surface area contributed by atoms with Gasteiger partial charge in [0, 0.05) is 11.5 Å². The van der Waals surface area contributed by atoms with E-state index in [2.05, 4.69) is 47.6 Å². The minimum Gasteiger partial charge on any atom is -0.508 e. The van der Waals surface area contributed by atoms with E-state index in [9.17, 15) is 24.9 Å². The second-order valence-corrected chi connectivity index (χ2v) is 16.8. The van der Waals surface area contributed by atoms with Gasteiger partial charge in [0.2, 0.25) is 0 Å². The molecule has 0 unspecified atom stereocenters. The van der Waals surface area contributed by atoms with Gasteiger partial charge >= 0.3 is 11.9 Å². The Kier molecular flexibility index (Phi) is 7.90. The molecular weight excluding hydrogens is 564 g/mol. The second kappa shape index (κ2) is 11.0. The molecule has 45 heavy (non-hydrogen) atoms. The number of carboxylic acid groups (broad SMARTS) is 1. The summed E-state index contributed by atoms with van der Waals surface area (Å²) in [5.41, 5.74) is 0.520. The fraction of sp³-hybridized carbons (Fsp3) is 0.692. The summed E-state index contributed by atoms with van der Waals surface area (Å²) in [5.74, 6) is 0.422. The Balaban J connectivity index is 1.42. The van der Waals surface area contributed by atoms with Gasteiger partial charge in [0.25, 0.3) is 0 Å². The molecular formula is C39H54O6. The number of esters is 1. The number of aromatic hydroxyl groups is 1. The van der Waals surface area contributed by atoms with Gasteiger partial charge in [-0.1, -0.05) is 65.3 Å². The number of ether oxygens (including phenoxy) is 1. The summed E-state index contributed by atoms with van der Waals surface area (Å²) in [7, 11) is 0. The highest BCUT2D eigenvalue weighted by Gasteiger charge is 2.71. The molecule has 0 aromatic heterocycles. The summed E-state index contributed by atoms with van der Waals surface area (Å²) in [5, 5.41) is 31.6. The Hall–Kier alpha value is -2.60. The third-order valence-corrected chi connectivity index (χ3v) is 14.8. The topological polar surface area (TPSA) is 104 Å². The van der Waals surface area contributed by atoms with Gasteiger partial charge < -0.3 is 20.1 Å². The van der Waals surface area contributed by atoms with Crippen molar-refractivity contribution in [3.63, 3.8) is 0 Å². The van der Waals surface area contributed by atoms with Gasteiger partial charge in [0.15, 0.2) is 0 Å². The van der Waals surface area contributed by atoms with E-state index in [1.54, 1.807) is 30.3 Å². The van der Waals surface area contributed by atoms with E-state index in [1.165, 1.54) is 11.6 Å². The first-order chi connectivity index (χ1) is 21.1. The van der Waals surface area contributed by atoms with Crippen LogP contribution >= 0.6 is 0 Å². The maximum absolute atomic E-state index is 13.3. The number of phenols is 1. The van der Waals surface area contributed by atoms with Crippen LogP contribution in [0.3, 0.4) is 0 Å². The first kappa shape index (κ1) is 32.3. The average molecular weight is 619 g/mol. The number of aliphatic hydroxyl groups is 1. The zero-order valence-corrected chi connectivity index (χ0v) is 28.1. The van der Waals surface area contributed by atoms with Crippen molar-refractivity contribution >= 4 is 18.0 Å². The van der Waals surface area contributed by atoms with Gasteiger partial charge in [-0.25, -0.2) is 4.79 Å². The molecule has 246 valence electrons. The van der Waals surface area contributed by atoms with E-state index < -0.39 is 22.8 Å². The quantitative estimate of drug-likeness (QED) is 0.175. The third-order valence-electron chi connectivity index (χ3n) is 14.8. The number of phenolic OH excluding ortho intramolecular Hbond substituents is 1. The summed E-state index contributed by atoms with van der Waals surface area (Å²) in [6.45, 7) is 14.2. The second-order valence-electron chi connectivity index (χ2n) is 16.8. The summed E-state index contributed by atoms with van der Waals surface area (Å²) in [4.78, 5) is 26.5. The van der Waals surface area contributed by atoms with Crippen LogP contribution in [0.2, 0.25) is 0 Å². The minimum atomic E-state index is -0.773. The zero-order chi connectivity index (χ0) is 32.6. The number of carbonyl (C=O) groups is 2. The third kappa shape index (κ3) is 4.66. The number of allylic oxidation sites excluding steroid dienone is 1. The first-order valence-electron chi connectivity index (χ1n) is 17.4. The molecule has 6 heteroatoms. The Morgan fingerprint density at radius 2 is 1.64 bits per heavy atom. The Labute approximate surface area is 269 Å². The van der Waals surface area contributed by atoms with E-state index in [1.807, 2.05) is 0 Å². The summed E-state index contributed by atoms with van der Waals surface area (Å²) < 4.78 is 6.26. The van der Waals surface area contributed by atoms with Crippen LogP contribution in [0.15, 0.2) is 42.0 Å². The van der Waals surface area contributed by atoms with Crippen LogP contribution in [0.4, 0.5) is 0 Å². The smallest absolute Gasteiger partial charge is 0.330 e. The van der Waals surface area contributed by atoms with Gasteiger partial charge in [-0.3, -0.25) is 4.79 Å². The number of aliphatic carboxylic acids is 1. The lowest BCUT2D eigenvalue weighted by Crippen LogP contribution is -2.67. The number of carbonyl (C=O) groups excluding carboxylic acids is 1. The zero-order valence-electron chi connectivity index (χ0n) is 28.1. The van der Waals surface area contributed by atoms with Crippen molar-refractivity contribution in [2.24, 2.45) is 56.7 Å². The molecule has 6 nitrogen and oxygen atoms in total. The normalized spacial score (nSPS) is 43.7. The van der Waals surface area contributed by atoms with Gasteiger partial charge in [0.05, 0.1) is 11.5 Å². The lowest BCUT2D eigenvalue weighted by molar-refractivity contribution is -0.218. The molecule has 4 saturated carbocycles. The van der Waals surface area contributed by atoms with Crippen molar-refractivity contribution in [3.05, 3.63) is 47.6 Å². The van der Waals surface area contributed by atoms with Crippen LogP contribution in [0, 0.1) is 56.7 Å². The lowest BCUT2D eigenvalue weighted by Gasteiger charge is -2.71. The molecule has 3 N–H and O–H groups in total. The predicted molar refractivity (Wildman–Crippen MR) is 175 cm³/mol. The highest BCUT2D eigenvalue weighted by atomic mass is 16.5. The van der Waals surface area contributed by atoms with E-state index in [-0.39, 0.29) is 46.5 Å². The van der Waals surface area contributed by atoms with Crippen molar-refractivity contribution in [1.82, 2.24) is 0 Å². The number of rotatable bonds is 5. The van der Waals surface area contributed by atoms with Gasteiger partial charge in [-0.2, -0.15) is 0 Å². The number of hydrogen-bond donors (Lipinski definition) is 3. The molecule has 5 aliphatic rings. The first-order valence-corrected chi connectivity index (χ1v) is 17.4. The van der Waals surface area contributed by atoms with Crippen molar-refractivity contribution in [1.29, 1.82) is 0 Å². The van der Waals surface area contributed by atoms with Crippen molar-refractivity contribution < 1.29 is 29.6 Å². The van der Waals surface area contributed by atoms with Crippen molar-refractivity contribution in [3.8, 4) is 5.75 Å². The number of benzene rings is 1. The van der Waals surface area contributed by atoms with Crippen LogP contribution in [0.1, 0.15) is 105 Å². The molecule has 0 heterocycles. The van der Waals surface area contributed by atoms with Crippen LogP contribution in [0.5, 0.6) is 5.75 Å². The van der Waals surface area contributed by atoms with Crippen LogP contribution in [-0.2, 0) is 14.3 Å². The van der Waals surface area contributed by atoms with Crippen LogP contribution in [0.25, 0.3) is 6.08 Å². The monoisotopic (exact) mass is 618 g/mol. The number of aliphatic hydroxyl groups excluding tert-OH is 1. The van der Waals surface area contributed by atoms with E-state index in [0.29, 0.717) is 37.0 Å². The molecule has 6 rings (SSSR count). The molecule has 0 radical (unpaired) electrons. The highest BCUT2D eigenvalue weighted by molar-refractivity contribution is 5.87. The number of fused-ring (bicyclic) bond motifs is 7. The maximum Gasteiger partial charge on any atom is 0.330 e.